The van der Waals surface area contributed by atoms with Crippen LogP contribution in [0.4, 0.5) is 5.13 Å². The Morgan fingerprint density at radius 1 is 1.10 bits per heavy atom. The minimum atomic E-state index is -1.95. The summed E-state index contributed by atoms with van der Waals surface area (Å²) in [5.74, 6) is -0.150. The summed E-state index contributed by atoms with van der Waals surface area (Å²) in [4.78, 5) is 18.4. The molecule has 0 radical (unpaired) electrons. The minimum absolute atomic E-state index is 0.0789. The highest BCUT2D eigenvalue weighted by Crippen LogP contribution is 2.42. The second-order valence-corrected chi connectivity index (χ2v) is 12.3. The summed E-state index contributed by atoms with van der Waals surface area (Å²) in [6, 6.07) is 21.1. The van der Waals surface area contributed by atoms with Crippen molar-refractivity contribution in [1.82, 2.24) is 4.98 Å². The van der Waals surface area contributed by atoms with Crippen molar-refractivity contribution in [1.29, 1.82) is 0 Å². The van der Waals surface area contributed by atoms with E-state index >= 15 is 0 Å². The molecule has 1 aliphatic heterocycles. The average molecular weight is 452 g/mol. The number of primary amides is 1. The van der Waals surface area contributed by atoms with E-state index in [1.54, 1.807) is 5.38 Å². The quantitative estimate of drug-likeness (QED) is 0.585. The number of carbonyl (C=O) groups is 1. The van der Waals surface area contributed by atoms with Gasteiger partial charge in [0, 0.05) is 17.8 Å². The summed E-state index contributed by atoms with van der Waals surface area (Å²) in [6.07, 6.45) is 0.911. The van der Waals surface area contributed by atoms with Crippen molar-refractivity contribution in [3.05, 3.63) is 71.7 Å². The Morgan fingerprint density at radius 2 is 1.68 bits per heavy atom. The van der Waals surface area contributed by atoms with E-state index in [1.165, 1.54) is 21.7 Å². The summed E-state index contributed by atoms with van der Waals surface area (Å²) in [5, 5.41) is 5.05. The van der Waals surface area contributed by atoms with Gasteiger partial charge in [0.15, 0.2) is 5.13 Å². The SMILES string of the molecule is CC(C)(C)[C@H]1CCN(c2nc(C(N)=O)cs2)C1O[SiH](c1ccccc1)c1ccccc1. The summed E-state index contributed by atoms with van der Waals surface area (Å²) in [6.45, 7) is 7.67. The standard InChI is InChI=1S/C24H29N3O2SSi/c1-24(2,3)19-14-15-27(23-26-20(16-30-23)21(25)28)22(19)29-31(17-10-6-4-7-11-17)18-12-8-5-9-13-18/h4-13,16,19,22,31H,14-15H2,1-3H3,(H2,25,28)/t19-,22?/m0/s1. The molecule has 2 aromatic carbocycles. The molecule has 1 fully saturated rings. The lowest BCUT2D eigenvalue weighted by molar-refractivity contribution is 0.0909. The maximum Gasteiger partial charge on any atom is 0.268 e. The van der Waals surface area contributed by atoms with E-state index in [9.17, 15) is 4.79 Å². The molecule has 5 nitrogen and oxygen atoms in total. The van der Waals surface area contributed by atoms with Crippen LogP contribution in [0.1, 0.15) is 37.7 Å². The van der Waals surface area contributed by atoms with Crippen LogP contribution in [-0.4, -0.2) is 32.7 Å². The fourth-order valence-corrected chi connectivity index (χ4v) is 7.58. The summed E-state index contributed by atoms with van der Waals surface area (Å²) >= 11 is 1.46. The number of benzene rings is 2. The van der Waals surface area contributed by atoms with Gasteiger partial charge < -0.3 is 15.1 Å². The molecule has 1 aliphatic rings. The molecular weight excluding hydrogens is 422 g/mol. The fourth-order valence-electron chi connectivity index (χ4n) is 4.25. The molecule has 31 heavy (non-hydrogen) atoms. The van der Waals surface area contributed by atoms with Crippen LogP contribution in [0, 0.1) is 11.3 Å². The second kappa shape index (κ2) is 8.94. The Morgan fingerprint density at radius 3 is 2.16 bits per heavy atom. The summed E-state index contributed by atoms with van der Waals surface area (Å²) < 4.78 is 7.07. The largest absolute Gasteiger partial charge is 0.391 e. The highest BCUT2D eigenvalue weighted by Gasteiger charge is 2.44. The van der Waals surface area contributed by atoms with E-state index in [-0.39, 0.29) is 11.6 Å². The first kappa shape index (κ1) is 21.7. The Bertz CT molecular complexity index is 981. The third kappa shape index (κ3) is 4.73. The average Bonchev–Trinajstić information content (AvgIpc) is 3.40. The number of carbonyl (C=O) groups excluding carboxylic acids is 1. The first-order valence-corrected chi connectivity index (χ1v) is 13.1. The maximum absolute atomic E-state index is 11.6. The minimum Gasteiger partial charge on any atom is -0.391 e. The van der Waals surface area contributed by atoms with Crippen LogP contribution in [0.5, 0.6) is 0 Å². The smallest absolute Gasteiger partial charge is 0.268 e. The molecule has 2 atom stereocenters. The van der Waals surface area contributed by atoms with Gasteiger partial charge in [-0.25, -0.2) is 4.98 Å². The van der Waals surface area contributed by atoms with Crippen molar-refractivity contribution >= 4 is 41.8 Å². The number of rotatable bonds is 6. The van der Waals surface area contributed by atoms with Gasteiger partial charge in [0.1, 0.15) is 11.9 Å². The topological polar surface area (TPSA) is 68.5 Å². The van der Waals surface area contributed by atoms with E-state index in [4.69, 9.17) is 10.2 Å². The van der Waals surface area contributed by atoms with Gasteiger partial charge in [0.2, 0.25) is 9.04 Å². The predicted octanol–water partition coefficient (Wildman–Crippen LogP) is 3.00. The number of thiazole rings is 1. The molecule has 0 aliphatic carbocycles. The van der Waals surface area contributed by atoms with Gasteiger partial charge in [-0.05, 0) is 22.2 Å². The van der Waals surface area contributed by atoms with E-state index in [0.29, 0.717) is 11.6 Å². The lowest BCUT2D eigenvalue weighted by Gasteiger charge is -2.37. The Hall–Kier alpha value is -2.48. The molecule has 1 saturated heterocycles. The van der Waals surface area contributed by atoms with E-state index in [0.717, 1.165) is 18.1 Å². The lowest BCUT2D eigenvalue weighted by Crippen LogP contribution is -2.52. The molecule has 0 bridgehead atoms. The van der Waals surface area contributed by atoms with Gasteiger partial charge in [-0.3, -0.25) is 4.79 Å². The number of nitrogens with zero attached hydrogens (tertiary/aromatic N) is 2. The van der Waals surface area contributed by atoms with Crippen LogP contribution in [0.15, 0.2) is 66.0 Å². The third-order valence-corrected chi connectivity index (χ3v) is 9.32. The van der Waals surface area contributed by atoms with Gasteiger partial charge in [-0.2, -0.15) is 0 Å². The number of aromatic nitrogens is 1. The third-order valence-electron chi connectivity index (χ3n) is 5.92. The van der Waals surface area contributed by atoms with Crippen LogP contribution in [0.2, 0.25) is 0 Å². The van der Waals surface area contributed by atoms with Gasteiger partial charge in [-0.1, -0.05) is 81.4 Å². The molecule has 0 spiro atoms. The van der Waals surface area contributed by atoms with E-state index < -0.39 is 14.9 Å². The Labute approximate surface area is 189 Å². The molecular formula is C24H29N3O2SSi. The van der Waals surface area contributed by atoms with Crippen LogP contribution in [0.3, 0.4) is 0 Å². The second-order valence-electron chi connectivity index (χ2n) is 9.06. The number of hydrogen-bond donors (Lipinski definition) is 1. The molecule has 162 valence electrons. The zero-order chi connectivity index (χ0) is 22.0. The zero-order valence-electron chi connectivity index (χ0n) is 18.2. The Balaban J connectivity index is 1.72. The molecule has 7 heteroatoms. The number of hydrogen-bond acceptors (Lipinski definition) is 5. The van der Waals surface area contributed by atoms with Gasteiger partial charge in [0.05, 0.1) is 0 Å². The molecule has 3 aromatic rings. The first-order valence-electron chi connectivity index (χ1n) is 10.6. The van der Waals surface area contributed by atoms with Crippen molar-refractivity contribution in [2.24, 2.45) is 17.1 Å². The maximum atomic E-state index is 11.6. The molecule has 2 N–H and O–H groups in total. The number of anilines is 1. The van der Waals surface area contributed by atoms with Gasteiger partial charge in [0.25, 0.3) is 5.91 Å². The molecule has 1 unspecified atom stereocenters. The van der Waals surface area contributed by atoms with E-state index in [2.05, 4.69) is 79.2 Å². The summed E-state index contributed by atoms with van der Waals surface area (Å²) in [5.41, 5.74) is 5.85. The Kier molecular flexibility index (Phi) is 6.27. The lowest BCUT2D eigenvalue weighted by atomic mass is 9.79. The van der Waals surface area contributed by atoms with E-state index in [1.807, 2.05) is 12.1 Å². The highest BCUT2D eigenvalue weighted by atomic mass is 32.1. The molecule has 1 amide bonds. The van der Waals surface area contributed by atoms with Crippen LogP contribution in [-0.2, 0) is 4.43 Å². The van der Waals surface area contributed by atoms with Crippen molar-refractivity contribution in [2.75, 3.05) is 11.4 Å². The zero-order valence-corrected chi connectivity index (χ0v) is 20.2. The molecule has 4 rings (SSSR count). The molecule has 2 heterocycles. The fraction of sp³-hybridized carbons (Fsp3) is 0.333. The van der Waals surface area contributed by atoms with Crippen molar-refractivity contribution < 1.29 is 9.22 Å². The first-order chi connectivity index (χ1) is 14.8. The van der Waals surface area contributed by atoms with Crippen molar-refractivity contribution in [3.63, 3.8) is 0 Å². The van der Waals surface area contributed by atoms with Crippen LogP contribution >= 0.6 is 11.3 Å². The van der Waals surface area contributed by atoms with Crippen LogP contribution < -0.4 is 21.0 Å². The highest BCUT2D eigenvalue weighted by molar-refractivity contribution is 7.14. The number of nitrogens with two attached hydrogens (primary N) is 1. The van der Waals surface area contributed by atoms with Crippen molar-refractivity contribution in [3.8, 4) is 0 Å². The monoisotopic (exact) mass is 451 g/mol. The predicted molar refractivity (Wildman–Crippen MR) is 130 cm³/mol. The van der Waals surface area contributed by atoms with Gasteiger partial charge in [-0.15, -0.1) is 11.3 Å². The summed E-state index contributed by atoms with van der Waals surface area (Å²) in [7, 11) is -1.95. The van der Waals surface area contributed by atoms with Crippen molar-refractivity contribution in [2.45, 2.75) is 33.4 Å². The van der Waals surface area contributed by atoms with Crippen LogP contribution in [0.25, 0.3) is 0 Å². The molecule has 0 saturated carbocycles. The normalized spacial score (nSPS) is 19.2. The number of amides is 1. The molecule has 1 aromatic heterocycles. The van der Waals surface area contributed by atoms with Gasteiger partial charge >= 0.3 is 0 Å².